The normalized spacial score (nSPS) is 21.7. The summed E-state index contributed by atoms with van der Waals surface area (Å²) >= 11 is 0. The molecule has 2 aliphatic rings. The third kappa shape index (κ3) is 5.80. The number of methoxy groups -OCH3 is 1. The van der Waals surface area contributed by atoms with Crippen LogP contribution in [0.15, 0.2) is 48.5 Å². The van der Waals surface area contributed by atoms with Crippen molar-refractivity contribution in [3.05, 3.63) is 54.1 Å². The highest BCUT2D eigenvalue weighted by Crippen LogP contribution is 2.25. The third-order valence-corrected chi connectivity index (χ3v) is 7.12. The van der Waals surface area contributed by atoms with Crippen molar-refractivity contribution in [1.29, 1.82) is 0 Å². The highest BCUT2D eigenvalue weighted by Gasteiger charge is 2.34. The number of carbonyl (C=O) groups is 3. The van der Waals surface area contributed by atoms with Gasteiger partial charge in [0, 0.05) is 29.9 Å². The van der Waals surface area contributed by atoms with E-state index < -0.39 is 6.04 Å². The fraction of sp³-hybridized carbons (Fsp3) is 0.464. The van der Waals surface area contributed by atoms with Gasteiger partial charge in [0.15, 0.2) is 6.61 Å². The number of hydrogen-bond donors (Lipinski definition) is 1. The van der Waals surface area contributed by atoms with Gasteiger partial charge >= 0.3 is 0 Å². The lowest BCUT2D eigenvalue weighted by atomic mass is 9.97. The predicted octanol–water partition coefficient (Wildman–Crippen LogP) is 4.11. The molecule has 2 aliphatic heterocycles. The second-order valence-corrected chi connectivity index (χ2v) is 9.62. The number of nitrogens with zero attached hydrogens (tertiary/aromatic N) is 2. The molecule has 4 rings (SSSR count). The average molecular weight is 494 g/mol. The molecular weight excluding hydrogens is 458 g/mol. The van der Waals surface area contributed by atoms with Crippen LogP contribution < -0.4 is 14.8 Å². The molecule has 0 spiro atoms. The summed E-state index contributed by atoms with van der Waals surface area (Å²) in [7, 11) is 1.59. The number of hydrogen-bond acceptors (Lipinski definition) is 5. The Hall–Kier alpha value is -3.55. The quantitative estimate of drug-likeness (QED) is 0.627. The summed E-state index contributed by atoms with van der Waals surface area (Å²) in [6.07, 6.45) is 4.56. The summed E-state index contributed by atoms with van der Waals surface area (Å²) in [6, 6.07) is 13.8. The number of anilines is 1. The summed E-state index contributed by atoms with van der Waals surface area (Å²) in [6.45, 7) is 4.66. The van der Waals surface area contributed by atoms with E-state index in [1.54, 1.807) is 60.5 Å². The molecule has 8 heteroatoms. The molecule has 2 aromatic rings. The standard InChI is InChI=1S/C28H35N3O5/c1-19-6-4-7-20(2)31(19)26(32)18-36-24-13-9-21(10-14-24)28(34)30-17-5-8-25(30)27(33)29-22-11-15-23(35-3)16-12-22/h9-16,19-20,25H,4-8,17-18H2,1-3H3,(H,29,33). The predicted molar refractivity (Wildman–Crippen MR) is 137 cm³/mol. The highest BCUT2D eigenvalue weighted by molar-refractivity contribution is 6.01. The second kappa shape index (κ2) is 11.5. The maximum absolute atomic E-state index is 13.2. The van der Waals surface area contributed by atoms with E-state index in [2.05, 4.69) is 19.2 Å². The summed E-state index contributed by atoms with van der Waals surface area (Å²) in [5.41, 5.74) is 1.14. The Labute approximate surface area is 212 Å². The Morgan fingerprint density at radius 3 is 2.17 bits per heavy atom. The van der Waals surface area contributed by atoms with Crippen LogP contribution in [0, 0.1) is 0 Å². The minimum atomic E-state index is -0.526. The van der Waals surface area contributed by atoms with E-state index in [1.165, 1.54) is 0 Å². The number of piperidine rings is 1. The number of ether oxygens (including phenoxy) is 2. The van der Waals surface area contributed by atoms with Crippen molar-refractivity contribution in [3.8, 4) is 11.5 Å². The zero-order chi connectivity index (χ0) is 25.7. The van der Waals surface area contributed by atoms with Crippen molar-refractivity contribution >= 4 is 23.4 Å². The molecule has 0 bridgehead atoms. The maximum atomic E-state index is 13.2. The highest BCUT2D eigenvalue weighted by atomic mass is 16.5. The molecule has 2 aromatic carbocycles. The molecule has 8 nitrogen and oxygen atoms in total. The summed E-state index contributed by atoms with van der Waals surface area (Å²) < 4.78 is 10.9. The van der Waals surface area contributed by atoms with Crippen LogP contribution in [0.5, 0.6) is 11.5 Å². The van der Waals surface area contributed by atoms with E-state index in [-0.39, 0.29) is 36.4 Å². The van der Waals surface area contributed by atoms with Crippen LogP contribution in [-0.4, -0.2) is 65.9 Å². The Morgan fingerprint density at radius 2 is 1.53 bits per heavy atom. The van der Waals surface area contributed by atoms with E-state index in [0.29, 0.717) is 35.7 Å². The topological polar surface area (TPSA) is 88.2 Å². The minimum absolute atomic E-state index is 0.0161. The molecule has 2 heterocycles. The molecule has 0 saturated carbocycles. The monoisotopic (exact) mass is 493 g/mol. The molecule has 1 N–H and O–H groups in total. The molecule has 36 heavy (non-hydrogen) atoms. The molecule has 0 aromatic heterocycles. The summed E-state index contributed by atoms with van der Waals surface area (Å²) in [4.78, 5) is 42.3. The van der Waals surface area contributed by atoms with Crippen molar-refractivity contribution in [2.45, 2.75) is 64.1 Å². The van der Waals surface area contributed by atoms with Crippen LogP contribution in [0.1, 0.15) is 56.3 Å². The third-order valence-electron chi connectivity index (χ3n) is 7.12. The number of benzene rings is 2. The van der Waals surface area contributed by atoms with Crippen LogP contribution in [0.2, 0.25) is 0 Å². The van der Waals surface area contributed by atoms with Gasteiger partial charge < -0.3 is 24.6 Å². The minimum Gasteiger partial charge on any atom is -0.497 e. The van der Waals surface area contributed by atoms with Gasteiger partial charge in [-0.15, -0.1) is 0 Å². The number of amides is 3. The van der Waals surface area contributed by atoms with Gasteiger partial charge in [-0.25, -0.2) is 0 Å². The Kier molecular flexibility index (Phi) is 8.13. The smallest absolute Gasteiger partial charge is 0.260 e. The molecule has 0 radical (unpaired) electrons. The fourth-order valence-corrected chi connectivity index (χ4v) is 5.17. The lowest BCUT2D eigenvalue weighted by molar-refractivity contribution is -0.139. The van der Waals surface area contributed by atoms with Crippen LogP contribution in [0.4, 0.5) is 5.69 Å². The maximum Gasteiger partial charge on any atom is 0.260 e. The van der Waals surface area contributed by atoms with Gasteiger partial charge in [-0.2, -0.15) is 0 Å². The number of likely N-dealkylation sites (tertiary alicyclic amines) is 2. The Balaban J connectivity index is 1.33. The van der Waals surface area contributed by atoms with Crippen molar-refractivity contribution in [3.63, 3.8) is 0 Å². The zero-order valence-corrected chi connectivity index (χ0v) is 21.2. The SMILES string of the molecule is COc1ccc(NC(=O)C2CCCN2C(=O)c2ccc(OCC(=O)N3C(C)CCCC3C)cc2)cc1. The Bertz CT molecular complexity index is 1060. The molecule has 3 amide bonds. The molecule has 2 fully saturated rings. The van der Waals surface area contributed by atoms with Crippen LogP contribution in [0.25, 0.3) is 0 Å². The number of carbonyl (C=O) groups excluding carboxylic acids is 3. The molecule has 3 atom stereocenters. The van der Waals surface area contributed by atoms with Gasteiger partial charge in [-0.05, 0) is 94.5 Å². The van der Waals surface area contributed by atoms with Crippen molar-refractivity contribution in [1.82, 2.24) is 9.80 Å². The van der Waals surface area contributed by atoms with Crippen LogP contribution in [-0.2, 0) is 9.59 Å². The lowest BCUT2D eigenvalue weighted by Gasteiger charge is -2.38. The lowest BCUT2D eigenvalue weighted by Crippen LogP contribution is -2.49. The van der Waals surface area contributed by atoms with Crippen LogP contribution in [0.3, 0.4) is 0 Å². The molecule has 2 saturated heterocycles. The van der Waals surface area contributed by atoms with Crippen molar-refractivity contribution in [2.75, 3.05) is 25.6 Å². The molecule has 3 unspecified atom stereocenters. The van der Waals surface area contributed by atoms with Crippen molar-refractivity contribution < 1.29 is 23.9 Å². The van der Waals surface area contributed by atoms with Gasteiger partial charge in [0.1, 0.15) is 17.5 Å². The molecule has 0 aliphatic carbocycles. The van der Waals surface area contributed by atoms with Crippen LogP contribution >= 0.6 is 0 Å². The van der Waals surface area contributed by atoms with Gasteiger partial charge in [0.25, 0.3) is 11.8 Å². The van der Waals surface area contributed by atoms with Gasteiger partial charge in [-0.1, -0.05) is 0 Å². The number of nitrogens with one attached hydrogen (secondary N) is 1. The summed E-state index contributed by atoms with van der Waals surface area (Å²) in [5, 5.41) is 2.90. The van der Waals surface area contributed by atoms with E-state index in [0.717, 1.165) is 25.7 Å². The first-order valence-corrected chi connectivity index (χ1v) is 12.7. The van der Waals surface area contributed by atoms with Gasteiger partial charge in [0.2, 0.25) is 5.91 Å². The first-order chi connectivity index (χ1) is 17.4. The molecule has 192 valence electrons. The van der Waals surface area contributed by atoms with Crippen molar-refractivity contribution in [2.24, 2.45) is 0 Å². The van der Waals surface area contributed by atoms with E-state index in [1.807, 2.05) is 4.90 Å². The van der Waals surface area contributed by atoms with E-state index in [9.17, 15) is 14.4 Å². The second-order valence-electron chi connectivity index (χ2n) is 9.62. The van der Waals surface area contributed by atoms with E-state index >= 15 is 0 Å². The first kappa shape index (κ1) is 25.5. The van der Waals surface area contributed by atoms with Gasteiger partial charge in [-0.3, -0.25) is 14.4 Å². The van der Waals surface area contributed by atoms with E-state index in [4.69, 9.17) is 9.47 Å². The number of rotatable bonds is 7. The fourth-order valence-electron chi connectivity index (χ4n) is 5.17. The van der Waals surface area contributed by atoms with Gasteiger partial charge in [0.05, 0.1) is 7.11 Å². The molecular formula is C28H35N3O5. The summed E-state index contributed by atoms with van der Waals surface area (Å²) in [5.74, 6) is 0.828. The average Bonchev–Trinajstić information content (AvgIpc) is 3.38. The first-order valence-electron chi connectivity index (χ1n) is 12.7. The zero-order valence-electron chi connectivity index (χ0n) is 21.2. The Morgan fingerprint density at radius 1 is 0.889 bits per heavy atom. The largest absolute Gasteiger partial charge is 0.497 e.